The van der Waals surface area contributed by atoms with Crippen molar-refractivity contribution in [2.24, 2.45) is 11.5 Å². The van der Waals surface area contributed by atoms with Crippen molar-refractivity contribution < 1.29 is 69.0 Å². The molecule has 0 fully saturated rings. The van der Waals surface area contributed by atoms with E-state index < -0.39 is 128 Å². The minimum absolute atomic E-state index is 0.0688. The van der Waals surface area contributed by atoms with Crippen molar-refractivity contribution in [2.75, 3.05) is 40.5 Å². The van der Waals surface area contributed by atoms with Gasteiger partial charge < -0.3 is 73.2 Å². The van der Waals surface area contributed by atoms with Gasteiger partial charge in [0, 0.05) is 26.9 Å². The fourth-order valence-corrected chi connectivity index (χ4v) is 5.56. The van der Waals surface area contributed by atoms with Gasteiger partial charge in [-0.15, -0.1) is 0 Å². The molecule has 0 radical (unpaired) electrons. The van der Waals surface area contributed by atoms with Crippen molar-refractivity contribution in [3.63, 3.8) is 0 Å². The number of carboxylic acid groups (broad SMARTS) is 2. The predicted molar refractivity (Wildman–Crippen MR) is 199 cm³/mol. The Kier molecular flexibility index (Phi) is 21.9. The maximum Gasteiger partial charge on any atom is 0.326 e. The molecule has 6 amide bonds. The third kappa shape index (κ3) is 16.0. The number of amides is 6. The molecule has 0 aliphatic rings. The summed E-state index contributed by atoms with van der Waals surface area (Å²) in [6.45, 7) is -1.48. The summed E-state index contributed by atoms with van der Waals surface area (Å²) in [6, 6.07) is -2.71. The minimum Gasteiger partial charge on any atom is -0.481 e. The lowest BCUT2D eigenvalue weighted by Crippen LogP contribution is -2.62. The number of nitrogens with one attached hydrogen (secondary N) is 4. The van der Waals surface area contributed by atoms with Gasteiger partial charge in [-0.05, 0) is 44.7 Å². The van der Waals surface area contributed by atoms with Gasteiger partial charge in [0.15, 0.2) is 0 Å². The van der Waals surface area contributed by atoms with Crippen molar-refractivity contribution in [1.82, 2.24) is 31.1 Å². The third-order valence-electron chi connectivity index (χ3n) is 8.85. The highest BCUT2D eigenvalue weighted by molar-refractivity contribution is 5.97. The zero-order chi connectivity index (χ0) is 43.4. The Balaban J connectivity index is 3.25. The Morgan fingerprint density at radius 1 is 0.684 bits per heavy atom. The fourth-order valence-electron chi connectivity index (χ4n) is 5.56. The van der Waals surface area contributed by atoms with Gasteiger partial charge >= 0.3 is 11.9 Å². The first kappa shape index (κ1) is 49.8. The zero-order valence-electron chi connectivity index (χ0n) is 32.1. The van der Waals surface area contributed by atoms with Crippen LogP contribution < -0.4 is 32.7 Å². The predicted octanol–water partition coefficient (Wildman–Crippen LogP) is -5.41. The number of benzene rings is 1. The molecule has 1 aromatic rings. The zero-order valence-corrected chi connectivity index (χ0v) is 32.1. The highest BCUT2D eigenvalue weighted by Crippen LogP contribution is 2.12. The van der Waals surface area contributed by atoms with E-state index in [4.69, 9.17) is 16.6 Å². The molecule has 0 saturated heterocycles. The quantitative estimate of drug-likeness (QED) is 0.0388. The Labute approximate surface area is 328 Å². The second-order valence-corrected chi connectivity index (χ2v) is 13.2. The molecular weight excluding hydrogens is 756 g/mol. The van der Waals surface area contributed by atoms with Gasteiger partial charge in [0.25, 0.3) is 0 Å². The second-order valence-electron chi connectivity index (χ2n) is 13.2. The molecule has 0 heterocycles. The molecule has 0 aromatic heterocycles. The van der Waals surface area contributed by atoms with Gasteiger partial charge in [-0.1, -0.05) is 30.3 Å². The highest BCUT2D eigenvalue weighted by atomic mass is 16.4. The number of carbonyl (C=O) groups is 8. The molecule has 320 valence electrons. The minimum atomic E-state index is -1.80. The number of hydrogen-bond acceptors (Lipinski definition) is 14. The van der Waals surface area contributed by atoms with E-state index in [2.05, 4.69) is 21.3 Å². The first-order valence-electron chi connectivity index (χ1n) is 18.0. The van der Waals surface area contributed by atoms with E-state index in [0.717, 1.165) is 25.9 Å². The maximum absolute atomic E-state index is 13.7. The van der Waals surface area contributed by atoms with Crippen LogP contribution >= 0.6 is 0 Å². The molecular formula is C35H56N8O14. The highest BCUT2D eigenvalue weighted by Gasteiger charge is 2.39. The average Bonchev–Trinajstić information content (AvgIpc) is 3.17. The van der Waals surface area contributed by atoms with E-state index in [1.807, 2.05) is 0 Å². The molecule has 0 spiro atoms. The Morgan fingerprint density at radius 3 is 1.74 bits per heavy atom. The first-order chi connectivity index (χ1) is 26.8. The van der Waals surface area contributed by atoms with E-state index in [9.17, 15) is 63.9 Å². The van der Waals surface area contributed by atoms with E-state index in [-0.39, 0.29) is 25.8 Å². The van der Waals surface area contributed by atoms with Crippen LogP contribution in [0.5, 0.6) is 0 Å². The summed E-state index contributed by atoms with van der Waals surface area (Å²) in [5, 5.41) is 67.9. The normalized spacial score (nSPS) is 15.2. The molecule has 14 N–H and O–H groups in total. The standard InChI is InChI=1S/C35H56N8O14/c1-19(47)28(43(3)34(55)23(12-13-27(48)49)38-29(50)21(37)16-44)32(53)41-25(17-45)30(51)39-22(11-7-8-14-36)33(54)42(2)26(18-46)31(52)40-24(35(56)57)15-20-9-5-4-6-10-20/h4-6,9-10,19,21-26,28,44-47H,7-8,11-18,36-37H2,1-3H3,(H,38,50)(H,39,51)(H,40,52)(H,41,53)(H,48,49)(H,56,57). The lowest BCUT2D eigenvalue weighted by atomic mass is 10.0. The number of likely N-dealkylation sites (N-methyl/N-ethyl adjacent to an activating group) is 2. The number of hydrogen-bond donors (Lipinski definition) is 12. The summed E-state index contributed by atoms with van der Waals surface area (Å²) in [7, 11) is 2.20. The number of aliphatic carboxylic acids is 2. The molecule has 0 aliphatic carbocycles. The number of rotatable bonds is 26. The van der Waals surface area contributed by atoms with E-state index in [1.54, 1.807) is 30.3 Å². The lowest BCUT2D eigenvalue weighted by Gasteiger charge is -2.34. The number of carbonyl (C=O) groups excluding carboxylic acids is 6. The van der Waals surface area contributed by atoms with Crippen LogP contribution in [0.15, 0.2) is 30.3 Å². The molecule has 57 heavy (non-hydrogen) atoms. The van der Waals surface area contributed by atoms with Gasteiger partial charge in [0.2, 0.25) is 35.4 Å². The number of nitrogens with zero attached hydrogens (tertiary/aromatic N) is 2. The van der Waals surface area contributed by atoms with Crippen LogP contribution in [0.1, 0.15) is 44.6 Å². The number of nitrogens with two attached hydrogens (primary N) is 2. The number of carboxylic acids is 2. The van der Waals surface area contributed by atoms with E-state index in [1.165, 1.54) is 0 Å². The van der Waals surface area contributed by atoms with Crippen molar-refractivity contribution in [3.05, 3.63) is 35.9 Å². The van der Waals surface area contributed by atoms with Gasteiger partial charge in [-0.3, -0.25) is 33.6 Å². The summed E-state index contributed by atoms with van der Waals surface area (Å²) in [5.41, 5.74) is 11.7. The largest absolute Gasteiger partial charge is 0.481 e. The lowest BCUT2D eigenvalue weighted by molar-refractivity contribution is -0.147. The van der Waals surface area contributed by atoms with Crippen LogP contribution in [0.4, 0.5) is 0 Å². The molecule has 22 nitrogen and oxygen atoms in total. The summed E-state index contributed by atoms with van der Waals surface area (Å²) in [6.07, 6.45) is -2.25. The molecule has 22 heteroatoms. The maximum atomic E-state index is 13.7. The van der Waals surface area contributed by atoms with Crippen molar-refractivity contribution in [1.29, 1.82) is 0 Å². The van der Waals surface area contributed by atoms with Gasteiger partial charge in [0.1, 0.15) is 42.3 Å². The number of aliphatic hydroxyl groups excluding tert-OH is 4. The van der Waals surface area contributed by atoms with Crippen LogP contribution in [0, 0.1) is 0 Å². The monoisotopic (exact) mass is 812 g/mol. The average molecular weight is 813 g/mol. The molecule has 8 unspecified atom stereocenters. The molecule has 8 atom stereocenters. The summed E-state index contributed by atoms with van der Waals surface area (Å²) < 4.78 is 0. The molecule has 1 rings (SSSR count). The van der Waals surface area contributed by atoms with Crippen molar-refractivity contribution in [2.45, 2.75) is 93.8 Å². The Morgan fingerprint density at radius 2 is 1.23 bits per heavy atom. The van der Waals surface area contributed by atoms with Crippen LogP contribution in [-0.4, -0.2) is 177 Å². The Bertz CT molecular complexity index is 1520. The SMILES string of the molecule is CC(O)C(C(=O)NC(CO)C(=O)NC(CCCCN)C(=O)N(C)C(CO)C(=O)NC(Cc1ccccc1)C(=O)O)N(C)C(=O)C(CCC(=O)O)NC(=O)C(N)CO. The molecule has 1 aromatic carbocycles. The Hall–Kier alpha value is -5.26. The molecule has 0 aliphatic heterocycles. The number of aliphatic hydroxyl groups is 4. The van der Waals surface area contributed by atoms with Crippen LogP contribution in [0.2, 0.25) is 0 Å². The fraction of sp³-hybridized carbons (Fsp3) is 0.600. The topological polar surface area (TPSA) is 365 Å². The van der Waals surface area contributed by atoms with Crippen molar-refractivity contribution >= 4 is 47.4 Å². The van der Waals surface area contributed by atoms with Gasteiger partial charge in [0.05, 0.1) is 25.9 Å². The summed E-state index contributed by atoms with van der Waals surface area (Å²) >= 11 is 0. The smallest absolute Gasteiger partial charge is 0.326 e. The molecule has 0 saturated carbocycles. The van der Waals surface area contributed by atoms with Gasteiger partial charge in [-0.2, -0.15) is 0 Å². The second kappa shape index (κ2) is 25.1. The van der Waals surface area contributed by atoms with Crippen molar-refractivity contribution in [3.8, 4) is 0 Å². The molecule has 0 bridgehead atoms. The van der Waals surface area contributed by atoms with Gasteiger partial charge in [-0.25, -0.2) is 4.79 Å². The first-order valence-corrected chi connectivity index (χ1v) is 18.0. The van der Waals surface area contributed by atoms with Crippen LogP contribution in [-0.2, 0) is 44.8 Å². The summed E-state index contributed by atoms with van der Waals surface area (Å²) in [4.78, 5) is 104. The van der Waals surface area contributed by atoms with Crippen LogP contribution in [0.25, 0.3) is 0 Å². The summed E-state index contributed by atoms with van der Waals surface area (Å²) in [5.74, 6) is -8.98. The van der Waals surface area contributed by atoms with E-state index >= 15 is 0 Å². The van der Waals surface area contributed by atoms with E-state index in [0.29, 0.717) is 16.9 Å². The third-order valence-corrected chi connectivity index (χ3v) is 8.85. The van der Waals surface area contributed by atoms with Crippen LogP contribution in [0.3, 0.4) is 0 Å². The number of unbranched alkanes of at least 4 members (excludes halogenated alkanes) is 1.